The number of rotatable bonds is 3. The molecule has 0 unspecified atom stereocenters. The van der Waals surface area contributed by atoms with Crippen LogP contribution in [-0.2, 0) is 0 Å². The summed E-state index contributed by atoms with van der Waals surface area (Å²) in [4.78, 5) is 11.7. The van der Waals surface area contributed by atoms with Gasteiger partial charge in [0, 0.05) is 10.2 Å². The topological polar surface area (TPSA) is 73.7 Å². The molecule has 0 aliphatic heterocycles. The Morgan fingerprint density at radius 2 is 1.95 bits per heavy atom. The molecule has 0 atom stereocenters. The van der Waals surface area contributed by atoms with Crippen molar-refractivity contribution in [3.05, 3.63) is 56.5 Å². The zero-order valence-electron chi connectivity index (χ0n) is 11.6. The van der Waals surface area contributed by atoms with Gasteiger partial charge in [0.1, 0.15) is 5.75 Å². The van der Waals surface area contributed by atoms with Gasteiger partial charge in [0.15, 0.2) is 0 Å². The molecule has 22 heavy (non-hydrogen) atoms. The van der Waals surface area contributed by atoms with Gasteiger partial charge in [0.2, 0.25) is 0 Å². The first-order chi connectivity index (χ1) is 10.5. The fourth-order valence-corrected chi connectivity index (χ4v) is 2.29. The van der Waals surface area contributed by atoms with E-state index in [0.29, 0.717) is 10.2 Å². The maximum absolute atomic E-state index is 11.7. The standard InChI is InChI=1S/C15H13Br2N3O2/c1-9-6-11(3-4-12(9)16)19-15(22)20-18-8-10-2-5-14(21)13(17)7-10/h2-8,21H,1H3,(H2,19,20,22)/b18-8+. The van der Waals surface area contributed by atoms with Crippen LogP contribution in [0.2, 0.25) is 0 Å². The molecule has 0 radical (unpaired) electrons. The highest BCUT2D eigenvalue weighted by Gasteiger charge is 2.02. The van der Waals surface area contributed by atoms with Gasteiger partial charge in [-0.05, 0) is 70.4 Å². The van der Waals surface area contributed by atoms with Crippen molar-refractivity contribution in [2.45, 2.75) is 6.92 Å². The van der Waals surface area contributed by atoms with Crippen LogP contribution in [0.3, 0.4) is 0 Å². The van der Waals surface area contributed by atoms with Crippen molar-refractivity contribution < 1.29 is 9.90 Å². The summed E-state index contributed by atoms with van der Waals surface area (Å²) in [7, 11) is 0. The number of phenolic OH excluding ortho intramolecular Hbond substituents is 1. The van der Waals surface area contributed by atoms with E-state index in [0.717, 1.165) is 15.6 Å². The molecular weight excluding hydrogens is 414 g/mol. The van der Waals surface area contributed by atoms with E-state index in [-0.39, 0.29) is 5.75 Å². The predicted molar refractivity (Wildman–Crippen MR) is 94.4 cm³/mol. The highest BCUT2D eigenvalue weighted by atomic mass is 79.9. The Labute approximate surface area is 144 Å². The van der Waals surface area contributed by atoms with Crippen LogP contribution in [0, 0.1) is 6.92 Å². The van der Waals surface area contributed by atoms with Crippen LogP contribution < -0.4 is 10.7 Å². The van der Waals surface area contributed by atoms with Gasteiger partial charge < -0.3 is 10.4 Å². The molecule has 5 nitrogen and oxygen atoms in total. The molecule has 0 aromatic heterocycles. The summed E-state index contributed by atoms with van der Waals surface area (Å²) in [6.45, 7) is 1.94. The van der Waals surface area contributed by atoms with E-state index in [2.05, 4.69) is 47.7 Å². The fraction of sp³-hybridized carbons (Fsp3) is 0.0667. The average Bonchev–Trinajstić information content (AvgIpc) is 2.47. The van der Waals surface area contributed by atoms with Crippen molar-refractivity contribution in [2.24, 2.45) is 5.10 Å². The Morgan fingerprint density at radius 3 is 2.64 bits per heavy atom. The summed E-state index contributed by atoms with van der Waals surface area (Å²) in [6, 6.07) is 9.98. The van der Waals surface area contributed by atoms with Crippen LogP contribution in [0.25, 0.3) is 0 Å². The number of benzene rings is 2. The van der Waals surface area contributed by atoms with Crippen LogP contribution in [-0.4, -0.2) is 17.4 Å². The Hall–Kier alpha value is -1.86. The molecule has 0 fully saturated rings. The lowest BCUT2D eigenvalue weighted by Crippen LogP contribution is -2.24. The average molecular weight is 427 g/mol. The second-order valence-electron chi connectivity index (χ2n) is 4.50. The number of aryl methyl sites for hydroxylation is 1. The molecule has 0 aliphatic carbocycles. The molecule has 3 N–H and O–H groups in total. The summed E-state index contributed by atoms with van der Waals surface area (Å²) in [5.41, 5.74) is 4.82. The first-order valence-corrected chi connectivity index (χ1v) is 7.89. The van der Waals surface area contributed by atoms with Crippen molar-refractivity contribution in [1.29, 1.82) is 0 Å². The number of aromatic hydroxyl groups is 1. The minimum atomic E-state index is -0.434. The minimum absolute atomic E-state index is 0.147. The number of nitrogens with one attached hydrogen (secondary N) is 2. The number of anilines is 1. The number of urea groups is 1. The Balaban J connectivity index is 1.93. The number of phenols is 1. The first-order valence-electron chi connectivity index (χ1n) is 6.30. The summed E-state index contributed by atoms with van der Waals surface area (Å²) in [6.07, 6.45) is 1.48. The van der Waals surface area contributed by atoms with Crippen molar-refractivity contribution in [3.63, 3.8) is 0 Å². The van der Waals surface area contributed by atoms with Gasteiger partial charge in [-0.2, -0.15) is 5.10 Å². The molecule has 2 aromatic rings. The third-order valence-corrected chi connectivity index (χ3v) is 4.29. The molecule has 0 aliphatic rings. The van der Waals surface area contributed by atoms with Gasteiger partial charge in [0.05, 0.1) is 10.7 Å². The summed E-state index contributed by atoms with van der Waals surface area (Å²) >= 11 is 6.61. The van der Waals surface area contributed by atoms with E-state index in [1.54, 1.807) is 18.2 Å². The van der Waals surface area contributed by atoms with E-state index in [1.807, 2.05) is 19.1 Å². The van der Waals surface area contributed by atoms with Crippen molar-refractivity contribution in [2.75, 3.05) is 5.32 Å². The number of hydrazone groups is 1. The maximum Gasteiger partial charge on any atom is 0.339 e. The first kappa shape index (κ1) is 16.5. The number of amides is 2. The predicted octanol–water partition coefficient (Wildman–Crippen LogP) is 4.38. The Morgan fingerprint density at radius 1 is 1.18 bits per heavy atom. The lowest BCUT2D eigenvalue weighted by Gasteiger charge is -2.06. The molecule has 0 saturated heterocycles. The van der Waals surface area contributed by atoms with Crippen LogP contribution in [0.4, 0.5) is 10.5 Å². The van der Waals surface area contributed by atoms with Gasteiger partial charge in [-0.1, -0.05) is 15.9 Å². The van der Waals surface area contributed by atoms with Crippen LogP contribution >= 0.6 is 31.9 Å². The second kappa shape index (κ2) is 7.42. The third-order valence-electron chi connectivity index (χ3n) is 2.77. The lowest BCUT2D eigenvalue weighted by atomic mass is 10.2. The molecule has 0 spiro atoms. The molecular formula is C15H13Br2N3O2. The normalized spacial score (nSPS) is 10.7. The van der Waals surface area contributed by atoms with Gasteiger partial charge in [0.25, 0.3) is 0 Å². The largest absolute Gasteiger partial charge is 0.507 e. The van der Waals surface area contributed by atoms with Gasteiger partial charge >= 0.3 is 6.03 Å². The highest BCUT2D eigenvalue weighted by molar-refractivity contribution is 9.10. The molecule has 2 amide bonds. The van der Waals surface area contributed by atoms with E-state index in [4.69, 9.17) is 0 Å². The minimum Gasteiger partial charge on any atom is -0.507 e. The number of hydrogen-bond donors (Lipinski definition) is 3. The summed E-state index contributed by atoms with van der Waals surface area (Å²) in [5, 5.41) is 15.9. The number of hydrogen-bond acceptors (Lipinski definition) is 3. The molecule has 0 saturated carbocycles. The van der Waals surface area contributed by atoms with E-state index < -0.39 is 6.03 Å². The monoisotopic (exact) mass is 425 g/mol. The van der Waals surface area contributed by atoms with Gasteiger partial charge in [-0.15, -0.1) is 0 Å². The van der Waals surface area contributed by atoms with Crippen LogP contribution in [0.15, 0.2) is 50.4 Å². The number of carbonyl (C=O) groups excluding carboxylic acids is 1. The maximum atomic E-state index is 11.7. The van der Waals surface area contributed by atoms with Crippen molar-refractivity contribution >= 4 is 49.8 Å². The second-order valence-corrected chi connectivity index (χ2v) is 6.21. The van der Waals surface area contributed by atoms with Crippen molar-refractivity contribution in [1.82, 2.24) is 5.43 Å². The summed E-state index contributed by atoms with van der Waals surface area (Å²) in [5.74, 6) is 0.147. The van der Waals surface area contributed by atoms with Crippen LogP contribution in [0.5, 0.6) is 5.75 Å². The van der Waals surface area contributed by atoms with Gasteiger partial charge in [-0.3, -0.25) is 0 Å². The molecule has 0 bridgehead atoms. The van der Waals surface area contributed by atoms with Gasteiger partial charge in [-0.25, -0.2) is 10.2 Å². The lowest BCUT2D eigenvalue weighted by molar-refractivity contribution is 0.252. The van der Waals surface area contributed by atoms with E-state index >= 15 is 0 Å². The quantitative estimate of drug-likeness (QED) is 0.503. The third kappa shape index (κ3) is 4.57. The zero-order valence-corrected chi connectivity index (χ0v) is 14.8. The molecule has 114 valence electrons. The van der Waals surface area contributed by atoms with E-state index in [1.165, 1.54) is 12.3 Å². The Bertz CT molecular complexity index is 733. The van der Waals surface area contributed by atoms with Crippen molar-refractivity contribution in [3.8, 4) is 5.75 Å². The molecule has 0 heterocycles. The molecule has 7 heteroatoms. The Kier molecular flexibility index (Phi) is 5.57. The van der Waals surface area contributed by atoms with E-state index in [9.17, 15) is 9.90 Å². The number of nitrogens with zero attached hydrogens (tertiary/aromatic N) is 1. The molecule has 2 rings (SSSR count). The zero-order chi connectivity index (χ0) is 16.1. The SMILES string of the molecule is Cc1cc(NC(=O)N/N=C/c2ccc(O)c(Br)c2)ccc1Br. The highest BCUT2D eigenvalue weighted by Crippen LogP contribution is 2.23. The number of carbonyl (C=O) groups is 1. The smallest absolute Gasteiger partial charge is 0.339 e. The number of halogens is 2. The van der Waals surface area contributed by atoms with Crippen LogP contribution in [0.1, 0.15) is 11.1 Å². The fourth-order valence-electron chi connectivity index (χ4n) is 1.65. The summed E-state index contributed by atoms with van der Waals surface area (Å²) < 4.78 is 1.54. The molecule has 2 aromatic carbocycles.